The zero-order valence-corrected chi connectivity index (χ0v) is 5.68. The number of aromatic nitrogens is 1. The lowest BCUT2D eigenvalue weighted by Gasteiger charge is -1.96. The maximum Gasteiger partial charge on any atom is 0.251 e. The minimum atomic E-state index is -2.46. The van der Waals surface area contributed by atoms with Crippen LogP contribution >= 0.6 is 0 Å². The van der Waals surface area contributed by atoms with Gasteiger partial charge in [-0.1, -0.05) is 6.07 Å². The molecule has 1 heterocycles. The molecule has 0 aliphatic carbocycles. The highest BCUT2D eigenvalue weighted by Crippen LogP contribution is 2.00. The van der Waals surface area contributed by atoms with Crippen molar-refractivity contribution in [2.75, 3.05) is 0 Å². The Balaban J connectivity index is 2.87. The topological polar surface area (TPSA) is 32.9 Å². The Bertz CT molecular complexity index is 282. The molecule has 0 aliphatic rings. The van der Waals surface area contributed by atoms with Crippen molar-refractivity contribution < 1.29 is 8.78 Å². The number of nitrogens with one attached hydrogen (secondary N) is 1. The summed E-state index contributed by atoms with van der Waals surface area (Å²) in [5.74, 6) is 0. The van der Waals surface area contributed by atoms with Gasteiger partial charge in [-0.15, -0.1) is 0 Å². The molecule has 4 heteroatoms. The molecule has 60 valence electrons. The summed E-state index contributed by atoms with van der Waals surface area (Å²) in [4.78, 5) is 13.1. The van der Waals surface area contributed by atoms with E-state index in [1.54, 1.807) is 0 Å². The highest BCUT2D eigenvalue weighted by Gasteiger charge is 2.06. The van der Waals surface area contributed by atoms with Crippen LogP contribution in [0.5, 0.6) is 0 Å². The van der Waals surface area contributed by atoms with Crippen LogP contribution in [0, 0.1) is 0 Å². The number of H-pyrrole nitrogens is 1. The highest BCUT2D eigenvalue weighted by atomic mass is 19.3. The van der Waals surface area contributed by atoms with E-state index in [2.05, 4.69) is 4.98 Å². The van der Waals surface area contributed by atoms with Crippen LogP contribution in [-0.2, 0) is 6.42 Å². The Kier molecular flexibility index (Phi) is 2.36. The molecule has 1 rings (SSSR count). The van der Waals surface area contributed by atoms with Crippen molar-refractivity contribution in [2.45, 2.75) is 12.8 Å². The van der Waals surface area contributed by atoms with Crippen LogP contribution < -0.4 is 5.56 Å². The molecule has 0 saturated heterocycles. The van der Waals surface area contributed by atoms with Gasteiger partial charge in [0.2, 0.25) is 6.43 Å². The maximum absolute atomic E-state index is 11.7. The molecule has 0 amide bonds. The highest BCUT2D eigenvalue weighted by molar-refractivity contribution is 5.09. The van der Waals surface area contributed by atoms with Gasteiger partial charge in [-0.3, -0.25) is 4.79 Å². The fourth-order valence-corrected chi connectivity index (χ4v) is 0.783. The van der Waals surface area contributed by atoms with Crippen LogP contribution in [0.15, 0.2) is 23.1 Å². The first-order chi connectivity index (χ1) is 5.20. The quantitative estimate of drug-likeness (QED) is 0.690. The molecule has 11 heavy (non-hydrogen) atoms. The molecule has 1 aromatic rings. The fraction of sp³-hybridized carbons (Fsp3) is 0.286. The van der Waals surface area contributed by atoms with Crippen LogP contribution in [0.25, 0.3) is 0 Å². The molecule has 0 fully saturated rings. The normalized spacial score (nSPS) is 10.5. The summed E-state index contributed by atoms with van der Waals surface area (Å²) in [7, 11) is 0. The molecular formula is C7H7F2NO. The minimum absolute atomic E-state index is 0.127. The molecule has 0 bridgehead atoms. The van der Waals surface area contributed by atoms with E-state index < -0.39 is 18.4 Å². The Morgan fingerprint density at radius 3 is 2.82 bits per heavy atom. The SMILES string of the molecule is O=c1[nH]cccc1CC(F)F. The van der Waals surface area contributed by atoms with Crippen molar-refractivity contribution in [1.82, 2.24) is 4.98 Å². The number of halogens is 2. The van der Waals surface area contributed by atoms with E-state index >= 15 is 0 Å². The van der Waals surface area contributed by atoms with Gasteiger partial charge in [0.25, 0.3) is 5.56 Å². The van der Waals surface area contributed by atoms with Gasteiger partial charge in [-0.2, -0.15) is 0 Å². The van der Waals surface area contributed by atoms with E-state index in [1.807, 2.05) is 0 Å². The second-order valence-electron chi connectivity index (χ2n) is 2.12. The van der Waals surface area contributed by atoms with Crippen LogP contribution in [0.3, 0.4) is 0 Å². The second-order valence-corrected chi connectivity index (χ2v) is 2.12. The van der Waals surface area contributed by atoms with E-state index in [4.69, 9.17) is 0 Å². The smallest absolute Gasteiger partial charge is 0.251 e. The molecule has 0 radical (unpaired) electrons. The maximum atomic E-state index is 11.7. The molecule has 0 aliphatic heterocycles. The summed E-state index contributed by atoms with van der Waals surface area (Å²) < 4.78 is 23.5. The Morgan fingerprint density at radius 1 is 1.55 bits per heavy atom. The third-order valence-corrected chi connectivity index (χ3v) is 1.27. The third-order valence-electron chi connectivity index (χ3n) is 1.27. The Labute approximate surface area is 61.9 Å². The number of hydrogen-bond acceptors (Lipinski definition) is 1. The standard InChI is InChI=1S/C7H7F2NO/c8-6(9)4-5-2-1-3-10-7(5)11/h1-3,6H,4H2,(H,10,11). The van der Waals surface area contributed by atoms with E-state index in [-0.39, 0.29) is 5.56 Å². The van der Waals surface area contributed by atoms with Crippen molar-refractivity contribution in [3.8, 4) is 0 Å². The molecule has 1 N–H and O–H groups in total. The Morgan fingerprint density at radius 2 is 2.27 bits per heavy atom. The van der Waals surface area contributed by atoms with Crippen LogP contribution in [0.4, 0.5) is 8.78 Å². The number of pyridine rings is 1. The monoisotopic (exact) mass is 159 g/mol. The largest absolute Gasteiger partial charge is 0.329 e. The van der Waals surface area contributed by atoms with Gasteiger partial charge in [-0.25, -0.2) is 8.78 Å². The van der Waals surface area contributed by atoms with Gasteiger partial charge >= 0.3 is 0 Å². The van der Waals surface area contributed by atoms with Crippen molar-refractivity contribution in [3.05, 3.63) is 34.2 Å². The molecular weight excluding hydrogens is 152 g/mol. The molecule has 0 spiro atoms. The van der Waals surface area contributed by atoms with Gasteiger partial charge < -0.3 is 4.98 Å². The zero-order valence-electron chi connectivity index (χ0n) is 5.68. The lowest BCUT2D eigenvalue weighted by molar-refractivity contribution is 0.148. The van der Waals surface area contributed by atoms with Gasteiger partial charge in [0, 0.05) is 18.2 Å². The van der Waals surface area contributed by atoms with Crippen molar-refractivity contribution in [1.29, 1.82) is 0 Å². The number of alkyl halides is 2. The zero-order chi connectivity index (χ0) is 8.27. The number of aromatic amines is 1. The molecule has 0 atom stereocenters. The third kappa shape index (κ3) is 2.14. The summed E-state index contributed by atoms with van der Waals surface area (Å²) in [6.45, 7) is 0. The molecule has 0 aromatic carbocycles. The Hall–Kier alpha value is -1.19. The van der Waals surface area contributed by atoms with Crippen LogP contribution in [0.2, 0.25) is 0 Å². The first-order valence-electron chi connectivity index (χ1n) is 3.15. The lowest BCUT2D eigenvalue weighted by atomic mass is 10.2. The van der Waals surface area contributed by atoms with E-state index in [0.717, 1.165) is 0 Å². The molecule has 2 nitrogen and oxygen atoms in total. The minimum Gasteiger partial charge on any atom is -0.329 e. The van der Waals surface area contributed by atoms with E-state index in [0.29, 0.717) is 0 Å². The van der Waals surface area contributed by atoms with Gasteiger partial charge in [0.05, 0.1) is 0 Å². The fourth-order valence-electron chi connectivity index (χ4n) is 0.783. The van der Waals surface area contributed by atoms with Crippen molar-refractivity contribution in [3.63, 3.8) is 0 Å². The first-order valence-corrected chi connectivity index (χ1v) is 3.15. The van der Waals surface area contributed by atoms with E-state index in [9.17, 15) is 13.6 Å². The summed E-state index contributed by atoms with van der Waals surface area (Å²) in [6.07, 6.45) is -1.52. The summed E-state index contributed by atoms with van der Waals surface area (Å²) in [6, 6.07) is 2.92. The first kappa shape index (κ1) is 7.91. The summed E-state index contributed by atoms with van der Waals surface area (Å²) >= 11 is 0. The predicted octanol–water partition coefficient (Wildman–Crippen LogP) is 1.18. The molecule has 0 unspecified atom stereocenters. The molecule has 1 aromatic heterocycles. The molecule has 0 saturated carbocycles. The average Bonchev–Trinajstić information content (AvgIpc) is 1.93. The summed E-state index contributed by atoms with van der Waals surface area (Å²) in [5, 5.41) is 0. The average molecular weight is 159 g/mol. The van der Waals surface area contributed by atoms with Crippen molar-refractivity contribution in [2.24, 2.45) is 0 Å². The van der Waals surface area contributed by atoms with E-state index in [1.165, 1.54) is 18.3 Å². The number of hydrogen-bond donors (Lipinski definition) is 1. The van der Waals surface area contributed by atoms with Crippen LogP contribution in [-0.4, -0.2) is 11.4 Å². The summed E-state index contributed by atoms with van der Waals surface area (Å²) in [5.41, 5.74) is -0.310. The second kappa shape index (κ2) is 3.27. The van der Waals surface area contributed by atoms with Gasteiger partial charge in [0.15, 0.2) is 0 Å². The van der Waals surface area contributed by atoms with Crippen LogP contribution in [0.1, 0.15) is 5.56 Å². The van der Waals surface area contributed by atoms with Gasteiger partial charge in [0.1, 0.15) is 0 Å². The number of rotatable bonds is 2. The van der Waals surface area contributed by atoms with Gasteiger partial charge in [-0.05, 0) is 6.07 Å². The van der Waals surface area contributed by atoms with Crippen molar-refractivity contribution >= 4 is 0 Å². The lowest BCUT2D eigenvalue weighted by Crippen LogP contribution is -2.13. The predicted molar refractivity (Wildman–Crippen MR) is 36.8 cm³/mol.